The van der Waals surface area contributed by atoms with Gasteiger partial charge in [-0.3, -0.25) is 19.6 Å². The molecule has 1 aromatic rings. The number of ether oxygens (including phenoxy) is 1. The van der Waals surface area contributed by atoms with Crippen LogP contribution in [0.4, 0.5) is 4.39 Å². The van der Waals surface area contributed by atoms with Gasteiger partial charge in [0, 0.05) is 24.8 Å². The Bertz CT molecular complexity index is 692. The van der Waals surface area contributed by atoms with Crippen LogP contribution in [0.25, 0.3) is 0 Å². The number of halogens is 1. The second kappa shape index (κ2) is 9.34. The average molecular weight is 376 g/mol. The molecule has 1 fully saturated rings. The molecular formula is C19H29FN6O. The van der Waals surface area contributed by atoms with Crippen molar-refractivity contribution >= 4 is 12.9 Å². The molecule has 148 valence electrons. The summed E-state index contributed by atoms with van der Waals surface area (Å²) in [7, 11) is 0. The van der Waals surface area contributed by atoms with E-state index in [1.165, 1.54) is 17.5 Å². The van der Waals surface area contributed by atoms with E-state index >= 15 is 0 Å². The number of rotatable bonds is 7. The summed E-state index contributed by atoms with van der Waals surface area (Å²) < 4.78 is 21.4. The molecule has 0 aromatic carbocycles. The van der Waals surface area contributed by atoms with E-state index in [-0.39, 0.29) is 18.2 Å². The van der Waals surface area contributed by atoms with E-state index < -0.39 is 5.83 Å². The number of aryl methyl sites for hydroxylation is 1. The van der Waals surface area contributed by atoms with Crippen LogP contribution < -0.4 is 5.73 Å². The minimum atomic E-state index is -0.486. The van der Waals surface area contributed by atoms with Gasteiger partial charge in [-0.05, 0) is 44.9 Å². The van der Waals surface area contributed by atoms with Gasteiger partial charge < -0.3 is 10.5 Å². The highest BCUT2D eigenvalue weighted by molar-refractivity contribution is 5.75. The van der Waals surface area contributed by atoms with Crippen molar-refractivity contribution in [1.82, 2.24) is 14.7 Å². The zero-order valence-electron chi connectivity index (χ0n) is 15.9. The number of aromatic nitrogens is 2. The second-order valence-corrected chi connectivity index (χ2v) is 7.29. The quantitative estimate of drug-likeness (QED) is 0.739. The van der Waals surface area contributed by atoms with Crippen molar-refractivity contribution < 1.29 is 9.13 Å². The van der Waals surface area contributed by atoms with E-state index in [9.17, 15) is 4.39 Å². The van der Waals surface area contributed by atoms with Crippen LogP contribution in [0.2, 0.25) is 0 Å². The average Bonchev–Trinajstić information content (AvgIpc) is 3.03. The van der Waals surface area contributed by atoms with Crippen molar-refractivity contribution in [2.45, 2.75) is 50.8 Å². The summed E-state index contributed by atoms with van der Waals surface area (Å²) in [4.78, 5) is 9.65. The SMILES string of the molecule is C=N/C=C(/F)C=NCN1CCC(OCC2C(N)CCc3c(C)cnn32)CC1. The van der Waals surface area contributed by atoms with Crippen molar-refractivity contribution in [3.05, 3.63) is 29.5 Å². The molecule has 3 rings (SSSR count). The van der Waals surface area contributed by atoms with Gasteiger partial charge in [-0.1, -0.05) is 0 Å². The van der Waals surface area contributed by atoms with E-state index in [0.717, 1.165) is 45.0 Å². The Hall–Kier alpha value is -1.90. The fourth-order valence-corrected chi connectivity index (χ4v) is 3.76. The Morgan fingerprint density at radius 2 is 2.22 bits per heavy atom. The van der Waals surface area contributed by atoms with Gasteiger partial charge in [0.15, 0.2) is 5.83 Å². The Morgan fingerprint density at radius 3 is 2.96 bits per heavy atom. The summed E-state index contributed by atoms with van der Waals surface area (Å²) >= 11 is 0. The maximum Gasteiger partial charge on any atom is 0.159 e. The van der Waals surface area contributed by atoms with E-state index in [2.05, 4.69) is 38.3 Å². The Morgan fingerprint density at radius 1 is 1.44 bits per heavy atom. The zero-order chi connectivity index (χ0) is 19.2. The summed E-state index contributed by atoms with van der Waals surface area (Å²) in [5.41, 5.74) is 8.85. The lowest BCUT2D eigenvalue weighted by Gasteiger charge is -2.34. The fourth-order valence-electron chi connectivity index (χ4n) is 3.76. The molecule has 27 heavy (non-hydrogen) atoms. The molecule has 1 saturated heterocycles. The molecule has 0 spiro atoms. The van der Waals surface area contributed by atoms with Gasteiger partial charge in [-0.2, -0.15) is 5.10 Å². The molecule has 0 radical (unpaired) electrons. The minimum Gasteiger partial charge on any atom is -0.376 e. The molecule has 2 aliphatic heterocycles. The van der Waals surface area contributed by atoms with Crippen LogP contribution in [0, 0.1) is 6.92 Å². The number of nitrogens with two attached hydrogens (primary N) is 1. The highest BCUT2D eigenvalue weighted by Gasteiger charge is 2.30. The van der Waals surface area contributed by atoms with Gasteiger partial charge in [-0.25, -0.2) is 4.39 Å². The Labute approximate surface area is 159 Å². The lowest BCUT2D eigenvalue weighted by molar-refractivity contribution is -0.0142. The fraction of sp³-hybridized carbons (Fsp3) is 0.632. The van der Waals surface area contributed by atoms with Crippen molar-refractivity contribution in [2.75, 3.05) is 26.4 Å². The number of fused-ring (bicyclic) bond motifs is 1. The van der Waals surface area contributed by atoms with Gasteiger partial charge in [0.05, 0.1) is 44.0 Å². The van der Waals surface area contributed by atoms with Crippen LogP contribution in [-0.4, -0.2) is 66.1 Å². The summed E-state index contributed by atoms with van der Waals surface area (Å²) in [5.74, 6) is -0.486. The minimum absolute atomic E-state index is 0.0826. The normalized spacial score (nSPS) is 25.1. The third-order valence-corrected chi connectivity index (χ3v) is 5.38. The smallest absolute Gasteiger partial charge is 0.159 e. The zero-order valence-corrected chi connectivity index (χ0v) is 15.9. The monoisotopic (exact) mass is 376 g/mol. The van der Waals surface area contributed by atoms with Crippen molar-refractivity contribution in [2.24, 2.45) is 15.7 Å². The van der Waals surface area contributed by atoms with Gasteiger partial charge in [0.1, 0.15) is 0 Å². The van der Waals surface area contributed by atoms with E-state index in [1.807, 2.05) is 6.20 Å². The molecule has 3 heterocycles. The standard InChI is InChI=1S/C19H29FN6O/c1-14-9-24-26-18(14)4-3-17(21)19(26)12-27-16-5-7-25(8-6-16)13-23-11-15(20)10-22-2/h9-11,16-17,19H,2-8,12-13,21H2,1H3/b15-10+,23-11?. The molecule has 0 bridgehead atoms. The molecular weight excluding hydrogens is 347 g/mol. The van der Waals surface area contributed by atoms with Crippen LogP contribution in [-0.2, 0) is 11.2 Å². The summed E-state index contributed by atoms with van der Waals surface area (Å²) in [6.07, 6.45) is 8.22. The number of nitrogens with zero attached hydrogens (tertiary/aromatic N) is 5. The molecule has 0 amide bonds. The number of hydrogen-bond donors (Lipinski definition) is 1. The number of piperidine rings is 1. The van der Waals surface area contributed by atoms with Gasteiger partial charge in [0.2, 0.25) is 0 Å². The first-order chi connectivity index (χ1) is 13.1. The lowest BCUT2D eigenvalue weighted by atomic mass is 9.97. The number of allylic oxidation sites excluding steroid dienone is 1. The van der Waals surface area contributed by atoms with Crippen molar-refractivity contribution in [3.63, 3.8) is 0 Å². The third-order valence-electron chi connectivity index (χ3n) is 5.38. The molecule has 2 atom stereocenters. The van der Waals surface area contributed by atoms with E-state index in [1.54, 1.807) is 0 Å². The number of hydrogen-bond acceptors (Lipinski definition) is 6. The Balaban J connectivity index is 1.43. The third kappa shape index (κ3) is 5.09. The van der Waals surface area contributed by atoms with Gasteiger partial charge in [-0.15, -0.1) is 0 Å². The largest absolute Gasteiger partial charge is 0.376 e. The second-order valence-electron chi connectivity index (χ2n) is 7.29. The first kappa shape index (κ1) is 19.9. The van der Waals surface area contributed by atoms with Crippen molar-refractivity contribution in [1.29, 1.82) is 0 Å². The summed E-state index contributed by atoms with van der Waals surface area (Å²) in [5, 5.41) is 4.51. The highest BCUT2D eigenvalue weighted by atomic mass is 19.1. The lowest BCUT2D eigenvalue weighted by Crippen LogP contribution is -2.42. The Kier molecular flexibility index (Phi) is 6.87. The molecule has 2 aliphatic rings. The number of likely N-dealkylation sites (tertiary alicyclic amines) is 1. The van der Waals surface area contributed by atoms with Crippen LogP contribution in [0.15, 0.2) is 28.2 Å². The van der Waals surface area contributed by atoms with Crippen LogP contribution in [0.1, 0.15) is 36.6 Å². The summed E-state index contributed by atoms with van der Waals surface area (Å²) in [6.45, 7) is 8.16. The summed E-state index contributed by atoms with van der Waals surface area (Å²) in [6, 6.07) is 0.192. The molecule has 2 N–H and O–H groups in total. The number of aliphatic imine (C=N–C) groups is 2. The predicted octanol–water partition coefficient (Wildman–Crippen LogP) is 2.03. The highest BCUT2D eigenvalue weighted by Crippen LogP contribution is 2.27. The first-order valence-electron chi connectivity index (χ1n) is 9.52. The molecule has 8 heteroatoms. The molecule has 0 saturated carbocycles. The van der Waals surface area contributed by atoms with Crippen LogP contribution in [0.5, 0.6) is 0 Å². The van der Waals surface area contributed by atoms with E-state index in [0.29, 0.717) is 13.3 Å². The first-order valence-corrected chi connectivity index (χ1v) is 9.52. The van der Waals surface area contributed by atoms with E-state index in [4.69, 9.17) is 10.5 Å². The van der Waals surface area contributed by atoms with Crippen LogP contribution >= 0.6 is 0 Å². The van der Waals surface area contributed by atoms with Crippen molar-refractivity contribution in [3.8, 4) is 0 Å². The van der Waals surface area contributed by atoms with Crippen LogP contribution in [0.3, 0.4) is 0 Å². The van der Waals surface area contributed by atoms with Gasteiger partial charge >= 0.3 is 0 Å². The predicted molar refractivity (Wildman–Crippen MR) is 105 cm³/mol. The maximum absolute atomic E-state index is 13.2. The van der Waals surface area contributed by atoms with Gasteiger partial charge in [0.25, 0.3) is 0 Å². The maximum atomic E-state index is 13.2. The molecule has 1 aromatic heterocycles. The molecule has 0 aliphatic carbocycles. The molecule has 7 nitrogen and oxygen atoms in total. The topological polar surface area (TPSA) is 81.0 Å². The molecule has 2 unspecified atom stereocenters.